The van der Waals surface area contributed by atoms with Crippen molar-refractivity contribution in [1.29, 1.82) is 0 Å². The summed E-state index contributed by atoms with van der Waals surface area (Å²) in [5.41, 5.74) is 1.85. The lowest BCUT2D eigenvalue weighted by molar-refractivity contribution is -0.115. The molecule has 1 amide bonds. The first kappa shape index (κ1) is 20.0. The van der Waals surface area contributed by atoms with Gasteiger partial charge in [-0.1, -0.05) is 42.5 Å². The van der Waals surface area contributed by atoms with E-state index in [1.54, 1.807) is 6.92 Å². The molecule has 3 aromatic rings. The van der Waals surface area contributed by atoms with Crippen molar-refractivity contribution in [1.82, 2.24) is 0 Å². The number of fused-ring (bicyclic) bond motifs is 1. The van der Waals surface area contributed by atoms with Crippen LogP contribution in [0, 0.1) is 0 Å². The highest BCUT2D eigenvalue weighted by molar-refractivity contribution is 7.15. The molecule has 30 heavy (non-hydrogen) atoms. The first-order chi connectivity index (χ1) is 14.7. The van der Waals surface area contributed by atoms with E-state index in [9.17, 15) is 9.59 Å². The Morgan fingerprint density at radius 2 is 1.83 bits per heavy atom. The van der Waals surface area contributed by atoms with E-state index in [2.05, 4.69) is 5.32 Å². The van der Waals surface area contributed by atoms with Crippen molar-refractivity contribution in [3.05, 3.63) is 76.7 Å². The minimum Gasteiger partial charge on any atom is -0.485 e. The molecule has 0 spiro atoms. The van der Waals surface area contributed by atoms with E-state index in [0.29, 0.717) is 27.6 Å². The van der Waals surface area contributed by atoms with E-state index in [0.717, 1.165) is 5.56 Å². The van der Waals surface area contributed by atoms with Crippen LogP contribution in [0.15, 0.2) is 60.0 Å². The Balaban J connectivity index is 1.58. The Bertz CT molecular complexity index is 1050. The zero-order valence-corrected chi connectivity index (χ0v) is 17.2. The molecule has 0 fully saturated rings. The molecule has 1 aliphatic rings. The lowest BCUT2D eigenvalue weighted by Crippen LogP contribution is -2.24. The summed E-state index contributed by atoms with van der Waals surface area (Å²) < 4.78 is 17.1. The van der Waals surface area contributed by atoms with Crippen LogP contribution in [0.4, 0.5) is 5.00 Å². The van der Waals surface area contributed by atoms with Crippen molar-refractivity contribution >= 4 is 28.2 Å². The number of amides is 1. The zero-order chi connectivity index (χ0) is 20.9. The maximum absolute atomic E-state index is 12.7. The molecule has 1 aliphatic heterocycles. The Morgan fingerprint density at radius 3 is 2.60 bits per heavy atom. The van der Waals surface area contributed by atoms with Crippen molar-refractivity contribution in [2.24, 2.45) is 0 Å². The number of hydrogen-bond donors (Lipinski definition) is 1. The number of benzene rings is 2. The molecule has 0 saturated carbocycles. The SMILES string of the molecule is CCOC(=O)c1c(C2COc3ccccc3O2)csc1NC(=O)Cc1ccccc1. The van der Waals surface area contributed by atoms with Crippen LogP contribution in [0.25, 0.3) is 0 Å². The largest absolute Gasteiger partial charge is 0.485 e. The molecule has 1 aromatic heterocycles. The van der Waals surface area contributed by atoms with Crippen LogP contribution in [0.2, 0.25) is 0 Å². The highest BCUT2D eigenvalue weighted by Gasteiger charge is 2.31. The van der Waals surface area contributed by atoms with Gasteiger partial charge in [0.2, 0.25) is 5.91 Å². The standard InChI is InChI=1S/C23H21NO5S/c1-2-27-23(26)21-16(19-13-28-17-10-6-7-11-18(17)29-19)14-30-22(21)24-20(25)12-15-8-4-3-5-9-15/h3-11,14,19H,2,12-13H2,1H3,(H,24,25). The molecule has 0 bridgehead atoms. The fourth-order valence-electron chi connectivity index (χ4n) is 3.24. The quantitative estimate of drug-likeness (QED) is 0.586. The summed E-state index contributed by atoms with van der Waals surface area (Å²) in [6, 6.07) is 16.8. The molecule has 6 nitrogen and oxygen atoms in total. The van der Waals surface area contributed by atoms with Gasteiger partial charge < -0.3 is 19.5 Å². The second-order valence-electron chi connectivity index (χ2n) is 6.69. The summed E-state index contributed by atoms with van der Waals surface area (Å²) in [5.74, 6) is 0.583. The third-order valence-corrected chi connectivity index (χ3v) is 5.53. The summed E-state index contributed by atoms with van der Waals surface area (Å²) in [4.78, 5) is 25.3. The predicted octanol–water partition coefficient (Wildman–Crippen LogP) is 4.62. The summed E-state index contributed by atoms with van der Waals surface area (Å²) in [5, 5.41) is 5.12. The highest BCUT2D eigenvalue weighted by Crippen LogP contribution is 2.40. The predicted molar refractivity (Wildman–Crippen MR) is 114 cm³/mol. The topological polar surface area (TPSA) is 73.9 Å². The van der Waals surface area contributed by atoms with Crippen LogP contribution in [0.1, 0.15) is 34.5 Å². The van der Waals surface area contributed by atoms with Gasteiger partial charge in [0.1, 0.15) is 17.2 Å². The Kier molecular flexibility index (Phi) is 5.99. The lowest BCUT2D eigenvalue weighted by Gasteiger charge is -2.26. The van der Waals surface area contributed by atoms with Crippen LogP contribution < -0.4 is 14.8 Å². The van der Waals surface area contributed by atoms with Crippen molar-refractivity contribution in [3.8, 4) is 11.5 Å². The van der Waals surface area contributed by atoms with Gasteiger partial charge in [-0.05, 0) is 24.6 Å². The van der Waals surface area contributed by atoms with E-state index < -0.39 is 12.1 Å². The zero-order valence-electron chi connectivity index (χ0n) is 16.4. The Labute approximate surface area is 178 Å². The van der Waals surface area contributed by atoms with Gasteiger partial charge in [-0.15, -0.1) is 11.3 Å². The molecular formula is C23H21NO5S. The lowest BCUT2D eigenvalue weighted by atomic mass is 10.1. The van der Waals surface area contributed by atoms with Crippen molar-refractivity contribution in [3.63, 3.8) is 0 Å². The normalized spacial score (nSPS) is 14.8. The summed E-state index contributed by atoms with van der Waals surface area (Å²) in [6.07, 6.45) is -0.262. The van der Waals surface area contributed by atoms with Gasteiger partial charge in [0.25, 0.3) is 0 Å². The van der Waals surface area contributed by atoms with E-state index in [1.807, 2.05) is 60.0 Å². The van der Waals surface area contributed by atoms with Gasteiger partial charge in [-0.3, -0.25) is 4.79 Å². The summed E-state index contributed by atoms with van der Waals surface area (Å²) in [7, 11) is 0. The third kappa shape index (κ3) is 4.31. The van der Waals surface area contributed by atoms with E-state index >= 15 is 0 Å². The van der Waals surface area contributed by atoms with Gasteiger partial charge in [-0.25, -0.2) is 4.79 Å². The van der Waals surface area contributed by atoms with Crippen molar-refractivity contribution in [2.75, 3.05) is 18.5 Å². The number of carbonyl (C=O) groups excluding carboxylic acids is 2. The number of ether oxygens (including phenoxy) is 3. The number of para-hydroxylation sites is 2. The fourth-order valence-corrected chi connectivity index (χ4v) is 4.25. The first-order valence-electron chi connectivity index (χ1n) is 9.66. The smallest absolute Gasteiger partial charge is 0.341 e. The molecule has 7 heteroatoms. The Morgan fingerprint density at radius 1 is 1.10 bits per heavy atom. The minimum atomic E-state index is -0.494. The van der Waals surface area contributed by atoms with Gasteiger partial charge in [0.05, 0.1) is 13.0 Å². The average Bonchev–Trinajstić information content (AvgIpc) is 3.17. The number of nitrogens with one attached hydrogen (secondary N) is 1. The molecule has 2 heterocycles. The number of anilines is 1. The maximum atomic E-state index is 12.7. The van der Waals surface area contributed by atoms with E-state index in [4.69, 9.17) is 14.2 Å². The van der Waals surface area contributed by atoms with Gasteiger partial charge in [0, 0.05) is 10.9 Å². The van der Waals surface area contributed by atoms with Gasteiger partial charge >= 0.3 is 5.97 Å². The van der Waals surface area contributed by atoms with Crippen molar-refractivity contribution in [2.45, 2.75) is 19.4 Å². The second-order valence-corrected chi connectivity index (χ2v) is 7.57. The van der Waals surface area contributed by atoms with E-state index in [-0.39, 0.29) is 25.5 Å². The number of rotatable bonds is 6. The van der Waals surface area contributed by atoms with Crippen LogP contribution in [0.3, 0.4) is 0 Å². The number of carbonyl (C=O) groups is 2. The van der Waals surface area contributed by atoms with Crippen LogP contribution in [0.5, 0.6) is 11.5 Å². The van der Waals surface area contributed by atoms with E-state index in [1.165, 1.54) is 11.3 Å². The number of esters is 1. The monoisotopic (exact) mass is 423 g/mol. The summed E-state index contributed by atoms with van der Waals surface area (Å²) in [6.45, 7) is 2.24. The molecule has 1 N–H and O–H groups in total. The molecule has 1 unspecified atom stereocenters. The van der Waals surface area contributed by atoms with Crippen LogP contribution >= 0.6 is 11.3 Å². The van der Waals surface area contributed by atoms with Crippen LogP contribution in [-0.2, 0) is 16.0 Å². The minimum absolute atomic E-state index is 0.202. The van der Waals surface area contributed by atoms with Crippen molar-refractivity contribution < 1.29 is 23.8 Å². The highest BCUT2D eigenvalue weighted by atomic mass is 32.1. The number of hydrogen-bond acceptors (Lipinski definition) is 6. The van der Waals surface area contributed by atoms with Crippen LogP contribution in [-0.4, -0.2) is 25.1 Å². The average molecular weight is 423 g/mol. The number of thiophene rings is 1. The molecule has 0 aliphatic carbocycles. The van der Waals surface area contributed by atoms with Gasteiger partial charge in [0.15, 0.2) is 17.6 Å². The maximum Gasteiger partial charge on any atom is 0.341 e. The van der Waals surface area contributed by atoms with Gasteiger partial charge in [-0.2, -0.15) is 0 Å². The molecule has 1 atom stereocenters. The third-order valence-electron chi connectivity index (χ3n) is 4.61. The Hall–Kier alpha value is -3.32. The fraction of sp³-hybridized carbons (Fsp3) is 0.217. The molecule has 4 rings (SSSR count). The molecule has 154 valence electrons. The molecule has 0 radical (unpaired) electrons. The molecular weight excluding hydrogens is 402 g/mol. The molecule has 0 saturated heterocycles. The first-order valence-corrected chi connectivity index (χ1v) is 10.5. The summed E-state index contributed by atoms with van der Waals surface area (Å²) >= 11 is 1.28. The second kappa shape index (κ2) is 9.00. The molecule has 2 aromatic carbocycles.